The predicted octanol–water partition coefficient (Wildman–Crippen LogP) is 1.10. The van der Waals surface area contributed by atoms with Gasteiger partial charge in [-0.2, -0.15) is 0 Å². The van der Waals surface area contributed by atoms with Crippen LogP contribution in [0, 0.1) is 5.41 Å². The van der Waals surface area contributed by atoms with Gasteiger partial charge in [0, 0.05) is 0 Å². The lowest BCUT2D eigenvalue weighted by molar-refractivity contribution is 0.283. The summed E-state index contributed by atoms with van der Waals surface area (Å²) < 4.78 is 5.05. The summed E-state index contributed by atoms with van der Waals surface area (Å²) in [5.74, 6) is 0.411. The molecule has 0 amide bonds. The summed E-state index contributed by atoms with van der Waals surface area (Å²) in [6.45, 7) is 5.50. The smallest absolute Gasteiger partial charge is 0.194 e. The van der Waals surface area contributed by atoms with Gasteiger partial charge < -0.3 is 4.74 Å². The van der Waals surface area contributed by atoms with Crippen molar-refractivity contribution in [3.8, 4) is 0 Å². The van der Waals surface area contributed by atoms with Crippen molar-refractivity contribution in [1.82, 2.24) is 4.90 Å². The fourth-order valence-corrected chi connectivity index (χ4v) is 1.36. The largest absolute Gasteiger partial charge is 0.481 e. The second-order valence-corrected chi connectivity index (χ2v) is 2.84. The first-order valence-corrected chi connectivity index (χ1v) is 4.25. The molecule has 0 aromatic rings. The quantitative estimate of drug-likeness (QED) is 0.490. The molecule has 0 aromatic heterocycles. The molecule has 0 atom stereocenters. The van der Waals surface area contributed by atoms with Gasteiger partial charge in [-0.25, -0.2) is 0 Å². The molecule has 0 bridgehead atoms. The van der Waals surface area contributed by atoms with Gasteiger partial charge >= 0.3 is 0 Å². The number of hydrogen-bond acceptors (Lipinski definition) is 3. The highest BCUT2D eigenvalue weighted by Crippen LogP contribution is 2.06. The second-order valence-electron chi connectivity index (χ2n) is 2.84. The summed E-state index contributed by atoms with van der Waals surface area (Å²) in [7, 11) is 0. The third-order valence-corrected chi connectivity index (χ3v) is 1.88. The van der Waals surface area contributed by atoms with Crippen LogP contribution in [-0.2, 0) is 4.74 Å². The van der Waals surface area contributed by atoms with Gasteiger partial charge in [0.2, 0.25) is 0 Å². The van der Waals surface area contributed by atoms with Gasteiger partial charge in [-0.05, 0) is 32.9 Å². The zero-order valence-electron chi connectivity index (χ0n) is 7.10. The van der Waals surface area contributed by atoms with Gasteiger partial charge in [0.1, 0.15) is 0 Å². The Labute approximate surface area is 67.8 Å². The molecule has 0 saturated carbocycles. The Balaban J connectivity index is 2.13. The first kappa shape index (κ1) is 8.53. The van der Waals surface area contributed by atoms with Crippen LogP contribution in [0.3, 0.4) is 0 Å². The standard InChI is InChI=1S/C8H16N2O/c1-2-11-8(9)7-10-5-3-4-6-10/h9H,2-7H2,1H3. The van der Waals surface area contributed by atoms with Gasteiger partial charge in [0.05, 0.1) is 13.2 Å². The number of nitrogens with one attached hydrogen (secondary N) is 1. The number of likely N-dealkylation sites (tertiary alicyclic amines) is 1. The minimum atomic E-state index is 0.411. The van der Waals surface area contributed by atoms with E-state index in [0.29, 0.717) is 19.0 Å². The average molecular weight is 156 g/mol. The molecule has 3 heteroatoms. The van der Waals surface area contributed by atoms with Crippen LogP contribution >= 0.6 is 0 Å². The topological polar surface area (TPSA) is 36.3 Å². The Morgan fingerprint density at radius 2 is 2.09 bits per heavy atom. The molecule has 0 spiro atoms. The zero-order valence-corrected chi connectivity index (χ0v) is 7.10. The molecule has 1 rings (SSSR count). The molecule has 1 aliphatic heterocycles. The minimum Gasteiger partial charge on any atom is -0.481 e. The summed E-state index contributed by atoms with van der Waals surface area (Å²) >= 11 is 0. The Hall–Kier alpha value is -0.570. The normalized spacial score (nSPS) is 18.6. The second kappa shape index (κ2) is 4.34. The molecule has 0 aliphatic carbocycles. The Bertz CT molecular complexity index is 130. The van der Waals surface area contributed by atoms with Crippen molar-refractivity contribution >= 4 is 5.90 Å². The van der Waals surface area contributed by atoms with Crippen molar-refractivity contribution in [3.63, 3.8) is 0 Å². The third-order valence-electron chi connectivity index (χ3n) is 1.88. The molecule has 1 fully saturated rings. The summed E-state index contributed by atoms with van der Waals surface area (Å²) in [5, 5.41) is 7.39. The van der Waals surface area contributed by atoms with E-state index >= 15 is 0 Å². The van der Waals surface area contributed by atoms with Gasteiger partial charge in [0.25, 0.3) is 0 Å². The summed E-state index contributed by atoms with van der Waals surface area (Å²) in [5.41, 5.74) is 0. The van der Waals surface area contributed by atoms with E-state index in [1.165, 1.54) is 12.8 Å². The van der Waals surface area contributed by atoms with Crippen LogP contribution in [-0.4, -0.2) is 37.0 Å². The lowest BCUT2D eigenvalue weighted by Gasteiger charge is -2.14. The minimum absolute atomic E-state index is 0.411. The summed E-state index contributed by atoms with van der Waals surface area (Å²) in [4.78, 5) is 2.26. The van der Waals surface area contributed by atoms with Crippen molar-refractivity contribution < 1.29 is 4.74 Å². The molecule has 1 aliphatic rings. The van der Waals surface area contributed by atoms with Gasteiger partial charge in [-0.15, -0.1) is 0 Å². The molecule has 0 unspecified atom stereocenters. The highest BCUT2D eigenvalue weighted by Gasteiger charge is 2.12. The number of hydrogen-bond donors (Lipinski definition) is 1. The Kier molecular flexibility index (Phi) is 3.36. The first-order chi connectivity index (χ1) is 5.33. The van der Waals surface area contributed by atoms with Crippen molar-refractivity contribution in [2.45, 2.75) is 19.8 Å². The summed E-state index contributed by atoms with van der Waals surface area (Å²) in [6, 6.07) is 0. The van der Waals surface area contributed by atoms with Crippen molar-refractivity contribution in [1.29, 1.82) is 5.41 Å². The highest BCUT2D eigenvalue weighted by molar-refractivity contribution is 5.74. The predicted molar refractivity (Wildman–Crippen MR) is 45.0 cm³/mol. The highest BCUT2D eigenvalue weighted by atomic mass is 16.5. The lowest BCUT2D eigenvalue weighted by atomic mass is 10.4. The molecule has 11 heavy (non-hydrogen) atoms. The molecule has 64 valence electrons. The third kappa shape index (κ3) is 2.89. The monoisotopic (exact) mass is 156 g/mol. The van der Waals surface area contributed by atoms with Gasteiger partial charge in [-0.3, -0.25) is 10.3 Å². The van der Waals surface area contributed by atoms with Crippen LogP contribution in [0.15, 0.2) is 0 Å². The summed E-state index contributed by atoms with van der Waals surface area (Å²) in [6.07, 6.45) is 2.55. The lowest BCUT2D eigenvalue weighted by Crippen LogP contribution is -2.27. The molecular formula is C8H16N2O. The maximum Gasteiger partial charge on any atom is 0.194 e. The Morgan fingerprint density at radius 3 is 2.64 bits per heavy atom. The van der Waals surface area contributed by atoms with E-state index in [9.17, 15) is 0 Å². The van der Waals surface area contributed by atoms with E-state index in [0.717, 1.165) is 13.1 Å². The number of nitrogens with zero attached hydrogens (tertiary/aromatic N) is 1. The number of rotatable bonds is 3. The molecule has 1 saturated heterocycles. The maximum absolute atomic E-state index is 7.39. The van der Waals surface area contributed by atoms with Crippen LogP contribution in [0.2, 0.25) is 0 Å². The van der Waals surface area contributed by atoms with Crippen LogP contribution in [0.25, 0.3) is 0 Å². The first-order valence-electron chi connectivity index (χ1n) is 4.25. The molecular weight excluding hydrogens is 140 g/mol. The molecule has 1 N–H and O–H groups in total. The average Bonchev–Trinajstić information content (AvgIpc) is 2.40. The Morgan fingerprint density at radius 1 is 1.45 bits per heavy atom. The van der Waals surface area contributed by atoms with E-state index in [2.05, 4.69) is 4.90 Å². The van der Waals surface area contributed by atoms with E-state index in [4.69, 9.17) is 10.1 Å². The van der Waals surface area contributed by atoms with Gasteiger partial charge in [-0.1, -0.05) is 0 Å². The van der Waals surface area contributed by atoms with Gasteiger partial charge in [0.15, 0.2) is 5.90 Å². The SMILES string of the molecule is CCOC(=N)CN1CCCC1. The fourth-order valence-electron chi connectivity index (χ4n) is 1.36. The molecule has 1 heterocycles. The maximum atomic E-state index is 7.39. The van der Waals surface area contributed by atoms with Crippen molar-refractivity contribution in [3.05, 3.63) is 0 Å². The molecule has 3 nitrogen and oxygen atoms in total. The van der Waals surface area contributed by atoms with E-state index < -0.39 is 0 Å². The van der Waals surface area contributed by atoms with E-state index in [1.54, 1.807) is 0 Å². The van der Waals surface area contributed by atoms with E-state index in [-0.39, 0.29) is 0 Å². The van der Waals surface area contributed by atoms with Crippen molar-refractivity contribution in [2.75, 3.05) is 26.2 Å². The number of ether oxygens (including phenoxy) is 1. The molecule has 0 radical (unpaired) electrons. The van der Waals surface area contributed by atoms with E-state index in [1.807, 2.05) is 6.92 Å². The zero-order chi connectivity index (χ0) is 8.10. The van der Waals surface area contributed by atoms with Crippen LogP contribution < -0.4 is 0 Å². The molecule has 0 aromatic carbocycles. The van der Waals surface area contributed by atoms with Crippen molar-refractivity contribution in [2.24, 2.45) is 0 Å². The van der Waals surface area contributed by atoms with Crippen LogP contribution in [0.1, 0.15) is 19.8 Å². The van der Waals surface area contributed by atoms with Crippen LogP contribution in [0.5, 0.6) is 0 Å². The fraction of sp³-hybridized carbons (Fsp3) is 0.875. The van der Waals surface area contributed by atoms with Crippen LogP contribution in [0.4, 0.5) is 0 Å².